The zero-order valence-electron chi connectivity index (χ0n) is 20.0. The zero-order chi connectivity index (χ0) is 25.5. The fourth-order valence-electron chi connectivity index (χ4n) is 4.33. The van der Waals surface area contributed by atoms with Gasteiger partial charge in [0.2, 0.25) is 6.41 Å². The van der Waals surface area contributed by atoms with Gasteiger partial charge >= 0.3 is 5.97 Å². The minimum Gasteiger partial charge on any atom is -0.458 e. The van der Waals surface area contributed by atoms with E-state index in [4.69, 9.17) is 27.9 Å². The summed E-state index contributed by atoms with van der Waals surface area (Å²) in [7, 11) is 0. The maximum atomic E-state index is 12.9. The summed E-state index contributed by atoms with van der Waals surface area (Å²) in [6.45, 7) is 3.31. The molecule has 0 bridgehead atoms. The predicted octanol–water partition coefficient (Wildman–Crippen LogP) is 4.71. The number of H-pyrrole nitrogens is 1. The molecule has 2 aromatic carbocycles. The number of para-hydroxylation sites is 1. The molecule has 0 unspecified atom stereocenters. The fraction of sp³-hybridized carbons (Fsp3) is 0.296. The van der Waals surface area contributed by atoms with E-state index in [1.54, 1.807) is 0 Å². The van der Waals surface area contributed by atoms with Crippen LogP contribution in [0.2, 0.25) is 0 Å². The lowest BCUT2D eigenvalue weighted by Crippen LogP contribution is -2.39. The first kappa shape index (κ1) is 25.8. The van der Waals surface area contributed by atoms with Gasteiger partial charge in [-0.15, -0.1) is 23.2 Å². The molecule has 2 N–H and O–H groups in total. The number of aromatic nitrogens is 2. The van der Waals surface area contributed by atoms with Crippen LogP contribution in [0.1, 0.15) is 17.0 Å². The van der Waals surface area contributed by atoms with Gasteiger partial charge in [-0.25, -0.2) is 4.79 Å². The van der Waals surface area contributed by atoms with Crippen LogP contribution in [0.5, 0.6) is 0 Å². The Balaban J connectivity index is 1.44. The number of aryl methyl sites for hydroxylation is 1. The molecule has 0 spiro atoms. The third kappa shape index (κ3) is 5.91. The third-order valence-corrected chi connectivity index (χ3v) is 6.43. The van der Waals surface area contributed by atoms with Crippen LogP contribution in [0.15, 0.2) is 54.6 Å². The summed E-state index contributed by atoms with van der Waals surface area (Å²) in [5.74, 6) is 0.477. The number of nitrogens with one attached hydrogen (secondary N) is 2. The molecule has 2 aromatic heterocycles. The second-order valence-corrected chi connectivity index (χ2v) is 9.23. The second kappa shape index (κ2) is 12.1. The number of amides is 1. The monoisotopic (exact) mass is 526 g/mol. The Morgan fingerprint density at radius 3 is 2.53 bits per heavy atom. The van der Waals surface area contributed by atoms with Crippen LogP contribution in [0.4, 0.5) is 5.69 Å². The molecule has 188 valence electrons. The number of halogens is 2. The molecule has 4 rings (SSSR count). The van der Waals surface area contributed by atoms with E-state index in [0.29, 0.717) is 43.4 Å². The molecule has 0 aliphatic heterocycles. The largest absolute Gasteiger partial charge is 0.458 e. The lowest BCUT2D eigenvalue weighted by molar-refractivity contribution is -0.148. The molecule has 9 heteroatoms. The Labute approximate surface area is 219 Å². The minimum absolute atomic E-state index is 0.0108. The molecule has 0 fully saturated rings. The highest BCUT2D eigenvalue weighted by Gasteiger charge is 2.21. The molecule has 2 heterocycles. The van der Waals surface area contributed by atoms with E-state index in [9.17, 15) is 9.59 Å². The first-order chi connectivity index (χ1) is 17.5. The van der Waals surface area contributed by atoms with Crippen molar-refractivity contribution in [1.82, 2.24) is 15.3 Å². The van der Waals surface area contributed by atoms with E-state index < -0.39 is 12.0 Å². The number of hydrogen-bond donors (Lipinski definition) is 2. The van der Waals surface area contributed by atoms with E-state index in [1.165, 1.54) is 0 Å². The van der Waals surface area contributed by atoms with Gasteiger partial charge in [-0.05, 0) is 36.8 Å². The number of pyridine rings is 1. The number of carbonyl (C=O) groups excluding carboxylic acids is 2. The summed E-state index contributed by atoms with van der Waals surface area (Å²) in [4.78, 5) is 34.1. The number of anilines is 1. The van der Waals surface area contributed by atoms with Crippen LogP contribution in [-0.4, -0.2) is 53.2 Å². The molecule has 7 nitrogen and oxygen atoms in total. The first-order valence-corrected chi connectivity index (χ1v) is 12.8. The maximum Gasteiger partial charge on any atom is 0.329 e. The van der Waals surface area contributed by atoms with Crippen molar-refractivity contribution in [2.24, 2.45) is 0 Å². The maximum absolute atomic E-state index is 12.9. The molecule has 1 amide bonds. The molecule has 0 aliphatic carbocycles. The highest BCUT2D eigenvalue weighted by Crippen LogP contribution is 2.27. The van der Waals surface area contributed by atoms with Crippen molar-refractivity contribution in [2.45, 2.75) is 26.0 Å². The van der Waals surface area contributed by atoms with E-state index >= 15 is 0 Å². The number of benzene rings is 2. The minimum atomic E-state index is -0.812. The third-order valence-electron chi connectivity index (χ3n) is 6.10. The van der Waals surface area contributed by atoms with E-state index in [0.717, 1.165) is 38.8 Å². The Kier molecular flexibility index (Phi) is 8.67. The summed E-state index contributed by atoms with van der Waals surface area (Å²) < 4.78 is 5.56. The van der Waals surface area contributed by atoms with Crippen molar-refractivity contribution in [2.75, 3.05) is 29.7 Å². The highest BCUT2D eigenvalue weighted by atomic mass is 35.5. The van der Waals surface area contributed by atoms with Crippen molar-refractivity contribution in [3.05, 3.63) is 71.5 Å². The number of esters is 1. The number of carbonyl (C=O) groups is 2. The number of aromatic amines is 1. The Hall–Kier alpha value is -3.29. The average molecular weight is 527 g/mol. The van der Waals surface area contributed by atoms with Gasteiger partial charge in [0, 0.05) is 53.2 Å². The van der Waals surface area contributed by atoms with Gasteiger partial charge in [0.05, 0.1) is 16.9 Å². The molecule has 4 aromatic rings. The normalized spacial score (nSPS) is 12.0. The number of fused-ring (bicyclic) bond motifs is 3. The van der Waals surface area contributed by atoms with Crippen molar-refractivity contribution in [3.63, 3.8) is 0 Å². The van der Waals surface area contributed by atoms with E-state index in [-0.39, 0.29) is 6.61 Å². The average Bonchev–Trinajstić information content (AvgIpc) is 3.27. The van der Waals surface area contributed by atoms with Crippen molar-refractivity contribution >= 4 is 63.1 Å². The Morgan fingerprint density at radius 2 is 1.83 bits per heavy atom. The standard InChI is InChI=1S/C27H28Cl2N4O3/c1-18-26-23(22-4-2-3-5-24(22)32-26)15-20(31-18)16-36-27(35)25(30-17-34)14-19-6-8-21(9-7-19)33(12-10-28)13-11-29/h2-9,15,17,25,32H,10-14,16H2,1H3,(H,30,34)/t25-/m0/s1. The number of alkyl halides is 2. The van der Waals surface area contributed by atoms with Crippen molar-refractivity contribution in [3.8, 4) is 0 Å². The topological polar surface area (TPSA) is 87.3 Å². The Bertz CT molecular complexity index is 1330. The van der Waals surface area contributed by atoms with Gasteiger partial charge in [-0.3, -0.25) is 9.78 Å². The van der Waals surface area contributed by atoms with Crippen LogP contribution in [0.3, 0.4) is 0 Å². The molecule has 36 heavy (non-hydrogen) atoms. The molecule has 0 saturated heterocycles. The fourth-order valence-corrected chi connectivity index (χ4v) is 4.74. The highest BCUT2D eigenvalue weighted by molar-refractivity contribution is 6.18. The molecular weight excluding hydrogens is 499 g/mol. The first-order valence-electron chi connectivity index (χ1n) is 11.7. The van der Waals surface area contributed by atoms with Gasteiger partial charge in [0.1, 0.15) is 12.6 Å². The molecule has 0 saturated carbocycles. The van der Waals surface area contributed by atoms with Gasteiger partial charge < -0.3 is 19.9 Å². The molecule has 0 aliphatic rings. The van der Waals surface area contributed by atoms with Crippen LogP contribution in [0, 0.1) is 6.92 Å². The summed E-state index contributed by atoms with van der Waals surface area (Å²) in [5, 5.41) is 4.70. The number of nitrogens with zero attached hydrogens (tertiary/aromatic N) is 2. The molecule has 1 atom stereocenters. The summed E-state index contributed by atoms with van der Waals surface area (Å²) in [6.07, 6.45) is 0.820. The quantitative estimate of drug-likeness (QED) is 0.158. The predicted molar refractivity (Wildman–Crippen MR) is 145 cm³/mol. The van der Waals surface area contributed by atoms with Gasteiger partial charge in [-0.2, -0.15) is 0 Å². The number of ether oxygens (including phenoxy) is 1. The van der Waals surface area contributed by atoms with Gasteiger partial charge in [0.25, 0.3) is 0 Å². The summed E-state index contributed by atoms with van der Waals surface area (Å²) >= 11 is 11.8. The zero-order valence-corrected chi connectivity index (χ0v) is 21.5. The van der Waals surface area contributed by atoms with Crippen molar-refractivity contribution < 1.29 is 14.3 Å². The van der Waals surface area contributed by atoms with E-state index in [1.807, 2.05) is 61.5 Å². The lowest BCUT2D eigenvalue weighted by Gasteiger charge is -2.23. The van der Waals surface area contributed by atoms with Crippen LogP contribution >= 0.6 is 23.2 Å². The second-order valence-electron chi connectivity index (χ2n) is 8.47. The van der Waals surface area contributed by atoms with Crippen LogP contribution in [0.25, 0.3) is 21.8 Å². The SMILES string of the molecule is Cc1nc(COC(=O)[C@H](Cc2ccc(N(CCCl)CCCl)cc2)NC=O)cc2c1[nH]c1ccccc12. The van der Waals surface area contributed by atoms with Gasteiger partial charge in [0.15, 0.2) is 0 Å². The smallest absolute Gasteiger partial charge is 0.329 e. The van der Waals surface area contributed by atoms with Crippen molar-refractivity contribution in [1.29, 1.82) is 0 Å². The van der Waals surface area contributed by atoms with Crippen LogP contribution < -0.4 is 10.2 Å². The Morgan fingerprint density at radius 1 is 1.11 bits per heavy atom. The number of hydrogen-bond acceptors (Lipinski definition) is 5. The number of rotatable bonds is 12. The lowest BCUT2D eigenvalue weighted by atomic mass is 10.1. The van der Waals surface area contributed by atoms with Crippen LogP contribution in [-0.2, 0) is 27.4 Å². The van der Waals surface area contributed by atoms with Gasteiger partial charge in [-0.1, -0.05) is 30.3 Å². The van der Waals surface area contributed by atoms with E-state index in [2.05, 4.69) is 20.2 Å². The molecule has 0 radical (unpaired) electrons. The molecular formula is C27H28Cl2N4O3. The summed E-state index contributed by atoms with van der Waals surface area (Å²) in [5.41, 5.74) is 5.35. The summed E-state index contributed by atoms with van der Waals surface area (Å²) in [6, 6.07) is 16.9.